The summed E-state index contributed by atoms with van der Waals surface area (Å²) in [5.41, 5.74) is 0.193. The number of Topliss-reactive ketones (excluding diaryl/α,β-unsaturated/α-hetero) is 1. The first-order valence-corrected chi connectivity index (χ1v) is 7.24. The lowest BCUT2D eigenvalue weighted by Crippen LogP contribution is -2.13. The van der Waals surface area contributed by atoms with E-state index in [9.17, 15) is 31.1 Å². The molecule has 0 aliphatic heterocycles. The van der Waals surface area contributed by atoms with Crippen molar-refractivity contribution < 1.29 is 35.9 Å². The van der Waals surface area contributed by atoms with E-state index in [4.69, 9.17) is 4.74 Å². The molecule has 0 N–H and O–H groups in total. The van der Waals surface area contributed by atoms with Crippen molar-refractivity contribution in [1.29, 1.82) is 0 Å². The van der Waals surface area contributed by atoms with Crippen LogP contribution in [0.25, 0.3) is 10.9 Å². The van der Waals surface area contributed by atoms with Crippen molar-refractivity contribution in [3.63, 3.8) is 0 Å². The number of aromatic nitrogens is 2. The molecule has 0 aliphatic rings. The summed E-state index contributed by atoms with van der Waals surface area (Å²) in [6.45, 7) is 0.0914. The molecule has 0 atom stereocenters. The molecule has 0 radical (unpaired) electrons. The largest absolute Gasteiger partial charge is 0.493 e. The van der Waals surface area contributed by atoms with Crippen LogP contribution in [-0.2, 0) is 6.54 Å². The highest BCUT2D eigenvalue weighted by Gasteiger charge is 2.28. The number of carbonyl (C=O) groups excluding carboxylic acids is 1. The van der Waals surface area contributed by atoms with Crippen LogP contribution in [0.1, 0.15) is 30.3 Å². The van der Waals surface area contributed by atoms with Gasteiger partial charge in [0.25, 0.3) is 0 Å². The molecule has 10 heteroatoms. The van der Waals surface area contributed by atoms with Crippen LogP contribution in [0.2, 0.25) is 0 Å². The summed E-state index contributed by atoms with van der Waals surface area (Å²) in [6, 6.07) is 4.02. The molecule has 2 aromatic rings. The maximum Gasteiger partial charge on any atom is 0.392 e. The van der Waals surface area contributed by atoms with Crippen LogP contribution < -0.4 is 4.74 Å². The van der Waals surface area contributed by atoms with Gasteiger partial charge in [0.1, 0.15) is 11.4 Å². The molecule has 0 amide bonds. The highest BCUT2D eigenvalue weighted by Crippen LogP contribution is 2.27. The lowest BCUT2D eigenvalue weighted by atomic mass is 10.1. The molecule has 0 spiro atoms. The molecule has 4 nitrogen and oxygen atoms in total. The number of benzene rings is 1. The van der Waals surface area contributed by atoms with E-state index in [1.807, 2.05) is 0 Å². The zero-order valence-electron chi connectivity index (χ0n) is 13.0. The van der Waals surface area contributed by atoms with Gasteiger partial charge in [0, 0.05) is 18.4 Å². The number of halogens is 6. The highest BCUT2D eigenvalue weighted by molar-refractivity contribution is 6.05. The maximum absolute atomic E-state index is 12.4. The Kier molecular flexibility index (Phi) is 5.28. The summed E-state index contributed by atoms with van der Waals surface area (Å²) >= 11 is 0. The summed E-state index contributed by atoms with van der Waals surface area (Å²) in [5, 5.41) is 4.20. The number of ether oxygens (including phenoxy) is 1. The molecular formula is C15H14F6N2O2. The van der Waals surface area contributed by atoms with Gasteiger partial charge in [-0.05, 0) is 12.1 Å². The summed E-state index contributed by atoms with van der Waals surface area (Å²) in [4.78, 5) is 11.6. The zero-order chi connectivity index (χ0) is 18.8. The van der Waals surface area contributed by atoms with Crippen LogP contribution in [0.5, 0.6) is 5.75 Å². The second kappa shape index (κ2) is 6.93. The van der Waals surface area contributed by atoms with E-state index in [-0.39, 0.29) is 17.0 Å². The van der Waals surface area contributed by atoms with Crippen molar-refractivity contribution in [2.24, 2.45) is 0 Å². The lowest BCUT2D eigenvalue weighted by Gasteiger charge is -2.10. The van der Waals surface area contributed by atoms with Gasteiger partial charge in [-0.25, -0.2) is 0 Å². The van der Waals surface area contributed by atoms with Crippen molar-refractivity contribution in [2.75, 3.05) is 6.61 Å². The fraction of sp³-hybridized carbons (Fsp3) is 0.467. The average molecular weight is 368 g/mol. The van der Waals surface area contributed by atoms with E-state index in [0.29, 0.717) is 5.39 Å². The van der Waals surface area contributed by atoms with E-state index in [1.165, 1.54) is 25.1 Å². The third-order valence-electron chi connectivity index (χ3n) is 3.32. The Balaban J connectivity index is 2.29. The van der Waals surface area contributed by atoms with Crippen LogP contribution >= 0.6 is 0 Å². The molecule has 0 saturated heterocycles. The monoisotopic (exact) mass is 368 g/mol. The minimum Gasteiger partial charge on any atom is -0.493 e. The number of alkyl halides is 6. The molecule has 0 fully saturated rings. The molecule has 0 bridgehead atoms. The molecule has 0 unspecified atom stereocenters. The van der Waals surface area contributed by atoms with E-state index in [2.05, 4.69) is 5.10 Å². The van der Waals surface area contributed by atoms with Crippen molar-refractivity contribution in [3.05, 3.63) is 23.9 Å². The minimum absolute atomic E-state index is 0.000911. The topological polar surface area (TPSA) is 44.1 Å². The van der Waals surface area contributed by atoms with E-state index in [1.54, 1.807) is 0 Å². The summed E-state index contributed by atoms with van der Waals surface area (Å²) in [7, 11) is 0. The molecule has 25 heavy (non-hydrogen) atoms. The van der Waals surface area contributed by atoms with Crippen molar-refractivity contribution in [2.45, 2.75) is 38.7 Å². The Morgan fingerprint density at radius 1 is 1.12 bits per heavy atom. The number of hydrogen-bond acceptors (Lipinski definition) is 3. The molecule has 1 heterocycles. The Hall–Kier alpha value is -2.26. The number of hydrogen-bond donors (Lipinski definition) is 0. The Labute approximate surface area is 138 Å². The number of nitrogens with zero attached hydrogens (tertiary/aromatic N) is 2. The number of fused-ring (bicyclic) bond motifs is 1. The molecule has 0 saturated carbocycles. The molecular weight excluding hydrogens is 354 g/mol. The van der Waals surface area contributed by atoms with Crippen LogP contribution in [0.4, 0.5) is 26.3 Å². The molecule has 1 aromatic heterocycles. The van der Waals surface area contributed by atoms with Gasteiger partial charge in [-0.15, -0.1) is 0 Å². The zero-order valence-corrected chi connectivity index (χ0v) is 13.0. The predicted molar refractivity (Wildman–Crippen MR) is 76.6 cm³/mol. The second-order valence-corrected chi connectivity index (χ2v) is 5.39. The van der Waals surface area contributed by atoms with Crippen molar-refractivity contribution >= 4 is 16.7 Å². The number of carbonyl (C=O) groups is 1. The molecule has 2 rings (SSSR count). The maximum atomic E-state index is 12.4. The first-order chi connectivity index (χ1) is 11.5. The van der Waals surface area contributed by atoms with Crippen LogP contribution in [0.3, 0.4) is 0 Å². The summed E-state index contributed by atoms with van der Waals surface area (Å²) < 4.78 is 79.7. The average Bonchev–Trinajstić information content (AvgIpc) is 2.81. The fourth-order valence-electron chi connectivity index (χ4n) is 2.19. The molecule has 1 aromatic carbocycles. The SMILES string of the molecule is CC(=O)c1nn(CCC(F)(F)F)c2cc(OCCC(F)(F)F)ccc12. The predicted octanol–water partition coefficient (Wildman–Crippen LogP) is 4.52. The van der Waals surface area contributed by atoms with E-state index in [0.717, 1.165) is 4.68 Å². The van der Waals surface area contributed by atoms with Gasteiger partial charge in [-0.2, -0.15) is 31.4 Å². The Morgan fingerprint density at radius 3 is 2.32 bits per heavy atom. The van der Waals surface area contributed by atoms with Crippen LogP contribution in [0.15, 0.2) is 18.2 Å². The van der Waals surface area contributed by atoms with Crippen LogP contribution in [-0.4, -0.2) is 34.5 Å². The van der Waals surface area contributed by atoms with E-state index < -0.39 is 44.1 Å². The minimum atomic E-state index is -4.41. The first-order valence-electron chi connectivity index (χ1n) is 7.24. The Bertz CT molecular complexity index is 764. The number of aryl methyl sites for hydroxylation is 1. The first kappa shape index (κ1) is 19.1. The summed E-state index contributed by atoms with van der Waals surface area (Å²) in [6.07, 6.45) is -11.1. The second-order valence-electron chi connectivity index (χ2n) is 5.39. The molecule has 0 aliphatic carbocycles. The van der Waals surface area contributed by atoms with Gasteiger partial charge in [0.05, 0.1) is 31.5 Å². The Morgan fingerprint density at radius 2 is 1.76 bits per heavy atom. The van der Waals surface area contributed by atoms with E-state index >= 15 is 0 Å². The number of ketones is 1. The highest BCUT2D eigenvalue weighted by atomic mass is 19.4. The third-order valence-corrected chi connectivity index (χ3v) is 3.32. The van der Waals surface area contributed by atoms with Crippen molar-refractivity contribution in [1.82, 2.24) is 9.78 Å². The van der Waals surface area contributed by atoms with Gasteiger partial charge < -0.3 is 4.74 Å². The van der Waals surface area contributed by atoms with Crippen LogP contribution in [0, 0.1) is 0 Å². The lowest BCUT2D eigenvalue weighted by molar-refractivity contribution is -0.139. The standard InChI is InChI=1S/C15H14F6N2O2/c1-9(24)13-11-3-2-10(25-7-5-15(19,20)21)8-12(11)23(22-13)6-4-14(16,17)18/h2-3,8H,4-7H2,1H3. The van der Waals surface area contributed by atoms with Gasteiger partial charge >= 0.3 is 12.4 Å². The van der Waals surface area contributed by atoms with Gasteiger partial charge in [0.15, 0.2) is 5.78 Å². The quantitative estimate of drug-likeness (QED) is 0.556. The van der Waals surface area contributed by atoms with Gasteiger partial charge in [0.2, 0.25) is 0 Å². The number of rotatable bonds is 6. The summed E-state index contributed by atoms with van der Waals surface area (Å²) in [5.74, 6) is -0.374. The molecule has 138 valence electrons. The van der Waals surface area contributed by atoms with Crippen molar-refractivity contribution in [3.8, 4) is 5.75 Å². The fourth-order valence-corrected chi connectivity index (χ4v) is 2.19. The van der Waals surface area contributed by atoms with Gasteiger partial charge in [-0.1, -0.05) is 0 Å². The third kappa shape index (κ3) is 5.36. The van der Waals surface area contributed by atoms with Gasteiger partial charge in [-0.3, -0.25) is 9.48 Å². The normalized spacial score (nSPS) is 12.6. The smallest absolute Gasteiger partial charge is 0.392 e.